The van der Waals surface area contributed by atoms with Gasteiger partial charge in [0.15, 0.2) is 5.70 Å². The van der Waals surface area contributed by atoms with Crippen LogP contribution in [0.3, 0.4) is 0 Å². The van der Waals surface area contributed by atoms with Crippen molar-refractivity contribution in [1.29, 1.82) is 0 Å². The topological polar surface area (TPSA) is 82.2 Å². The van der Waals surface area contributed by atoms with Crippen molar-refractivity contribution in [1.82, 2.24) is 0 Å². The number of nitrogens with zero attached hydrogens (tertiary/aromatic N) is 2. The van der Waals surface area contributed by atoms with E-state index < -0.39 is 0 Å². The number of nitrogens with one attached hydrogen (secondary N) is 1. The number of allylic oxidation sites excluding steroid dienone is 1. The van der Waals surface area contributed by atoms with Gasteiger partial charge in [0.05, 0.1) is 5.69 Å². The molecule has 1 fully saturated rings. The maximum absolute atomic E-state index is 12.9. The Morgan fingerprint density at radius 3 is 2.46 bits per heavy atom. The molecule has 2 aromatic rings. The summed E-state index contributed by atoms with van der Waals surface area (Å²) in [6.45, 7) is 4.06. The van der Waals surface area contributed by atoms with E-state index >= 15 is 0 Å². The minimum Gasteiger partial charge on any atom is -0.870 e. The van der Waals surface area contributed by atoms with Gasteiger partial charge in [0, 0.05) is 5.70 Å². The Balaban J connectivity index is 0.00000169. The molecule has 6 heteroatoms. The molecule has 2 aliphatic heterocycles. The number of anilines is 3. The van der Waals surface area contributed by atoms with Gasteiger partial charge in [-0.15, -0.1) is 10.5 Å². The van der Waals surface area contributed by atoms with Gasteiger partial charge in [0.25, 0.3) is 0 Å². The second kappa shape index (κ2) is 5.99. The van der Waals surface area contributed by atoms with Gasteiger partial charge in [-0.1, -0.05) is 31.2 Å². The molecule has 1 amide bonds. The molecule has 124 valence electrons. The second-order valence-corrected chi connectivity index (χ2v) is 5.80. The number of aryl methyl sites for hydroxylation is 1. The van der Waals surface area contributed by atoms with Crippen molar-refractivity contribution in [2.45, 2.75) is 20.3 Å². The molecule has 4 rings (SSSR count). The number of carbonyl (C=O) groups is 1. The van der Waals surface area contributed by atoms with Crippen molar-refractivity contribution in [2.24, 2.45) is 0 Å². The summed E-state index contributed by atoms with van der Waals surface area (Å²) in [5.74, 6) is -0.00579. The summed E-state index contributed by atoms with van der Waals surface area (Å²) in [6, 6.07) is 16.2. The number of hydrogen-bond acceptors (Lipinski definition) is 4. The lowest BCUT2D eigenvalue weighted by Gasteiger charge is -2.24. The largest absolute Gasteiger partial charge is 0.870 e. The maximum Gasteiger partial charge on any atom is 0.329 e. The zero-order valence-corrected chi connectivity index (χ0v) is 13.7. The minimum absolute atomic E-state index is 0. The molecule has 2 heterocycles. The number of quaternary nitrogens is 1. The molecular formula is C18H20N4O2. The number of para-hydroxylation sites is 2. The van der Waals surface area contributed by atoms with Crippen LogP contribution in [-0.4, -0.2) is 11.4 Å². The predicted octanol–water partition coefficient (Wildman–Crippen LogP) is 1.98. The van der Waals surface area contributed by atoms with E-state index in [-0.39, 0.29) is 11.4 Å². The maximum atomic E-state index is 12.9. The van der Waals surface area contributed by atoms with Crippen molar-refractivity contribution >= 4 is 23.0 Å². The third-order valence-electron chi connectivity index (χ3n) is 4.36. The number of benzene rings is 2. The van der Waals surface area contributed by atoms with Gasteiger partial charge < -0.3 is 10.8 Å². The molecule has 0 saturated carbocycles. The normalized spacial score (nSPS) is 15.7. The summed E-state index contributed by atoms with van der Waals surface area (Å²) in [7, 11) is 0. The Morgan fingerprint density at radius 2 is 1.75 bits per heavy atom. The first-order valence-electron chi connectivity index (χ1n) is 7.82. The van der Waals surface area contributed by atoms with Gasteiger partial charge in [-0.25, -0.2) is 0 Å². The van der Waals surface area contributed by atoms with Crippen LogP contribution in [0, 0.1) is 0 Å². The quantitative estimate of drug-likeness (QED) is 0.654. The summed E-state index contributed by atoms with van der Waals surface area (Å²) < 4.78 is 0. The Kier molecular flexibility index (Phi) is 4.01. The summed E-state index contributed by atoms with van der Waals surface area (Å²) in [5.41, 5.74) is 7.60. The Labute approximate surface area is 140 Å². The highest BCUT2D eigenvalue weighted by Crippen LogP contribution is 2.35. The Hall–Kier alpha value is -2.83. The average Bonchev–Trinajstić information content (AvgIpc) is 2.93. The molecule has 4 N–H and O–H groups in total. The molecular weight excluding hydrogens is 304 g/mol. The molecule has 0 aliphatic carbocycles. The SMILES string of the molecule is CCc1ccc(N2[NH2+]N3C(=C(C)Nc4ccccc43)C2=O)cc1.[OH-]. The molecule has 1 saturated heterocycles. The number of hydrogen-bond donors (Lipinski definition) is 2. The molecule has 0 spiro atoms. The molecule has 0 atom stereocenters. The summed E-state index contributed by atoms with van der Waals surface area (Å²) in [5, 5.41) is 7.00. The van der Waals surface area contributed by atoms with E-state index in [0.717, 1.165) is 29.2 Å². The van der Waals surface area contributed by atoms with Crippen LogP contribution in [0.5, 0.6) is 0 Å². The van der Waals surface area contributed by atoms with Gasteiger partial charge in [0.2, 0.25) is 0 Å². The highest BCUT2D eigenvalue weighted by Gasteiger charge is 2.43. The van der Waals surface area contributed by atoms with Crippen molar-refractivity contribution in [3.05, 3.63) is 65.5 Å². The highest BCUT2D eigenvalue weighted by molar-refractivity contribution is 6.09. The molecule has 0 unspecified atom stereocenters. The van der Waals surface area contributed by atoms with Crippen LogP contribution >= 0.6 is 0 Å². The molecule has 0 aromatic heterocycles. The van der Waals surface area contributed by atoms with Gasteiger partial charge in [-0.2, -0.15) is 5.01 Å². The lowest BCUT2D eigenvalue weighted by atomic mass is 10.1. The van der Waals surface area contributed by atoms with Crippen LogP contribution in [0.2, 0.25) is 0 Å². The van der Waals surface area contributed by atoms with Gasteiger partial charge in [0.1, 0.15) is 11.4 Å². The summed E-state index contributed by atoms with van der Waals surface area (Å²) >= 11 is 0. The standard InChI is InChI=1S/C18H18N4O.H2O/c1-3-13-8-10-14(11-9-13)21-18(23)17-12(2)19-15-6-4-5-7-16(15)22(17)20-21;/h4-11,19-20H,3H2,1-2H3;1H2. The first-order chi connectivity index (χ1) is 11.2. The monoisotopic (exact) mass is 324 g/mol. The zero-order valence-electron chi connectivity index (χ0n) is 13.7. The fraction of sp³-hybridized carbons (Fsp3) is 0.167. The van der Waals surface area contributed by atoms with Crippen molar-refractivity contribution < 1.29 is 15.8 Å². The van der Waals surface area contributed by atoms with Gasteiger partial charge >= 0.3 is 5.91 Å². The van der Waals surface area contributed by atoms with Crippen molar-refractivity contribution in [3.8, 4) is 0 Å². The average molecular weight is 324 g/mol. The van der Waals surface area contributed by atoms with E-state index in [4.69, 9.17) is 0 Å². The third kappa shape index (κ3) is 2.33. The van der Waals surface area contributed by atoms with Crippen LogP contribution in [0.1, 0.15) is 19.4 Å². The zero-order chi connectivity index (χ0) is 16.0. The molecule has 24 heavy (non-hydrogen) atoms. The van der Waals surface area contributed by atoms with E-state index in [1.165, 1.54) is 5.56 Å². The van der Waals surface area contributed by atoms with E-state index in [1.807, 2.05) is 53.9 Å². The van der Waals surface area contributed by atoms with Crippen LogP contribution in [0.15, 0.2) is 59.9 Å². The number of rotatable bonds is 2. The molecule has 6 nitrogen and oxygen atoms in total. The van der Waals surface area contributed by atoms with E-state index in [1.54, 1.807) is 5.01 Å². The summed E-state index contributed by atoms with van der Waals surface area (Å²) in [4.78, 5) is 12.9. The first-order valence-corrected chi connectivity index (χ1v) is 7.82. The minimum atomic E-state index is -0.00579. The lowest BCUT2D eigenvalue weighted by Crippen LogP contribution is -2.98. The van der Waals surface area contributed by atoms with Gasteiger partial charge in [-0.05, 0) is 43.2 Å². The lowest BCUT2D eigenvalue weighted by molar-refractivity contribution is -0.653. The molecule has 2 aliphatic rings. The fourth-order valence-corrected chi connectivity index (χ4v) is 3.09. The fourth-order valence-electron chi connectivity index (χ4n) is 3.09. The van der Waals surface area contributed by atoms with E-state index in [2.05, 4.69) is 24.4 Å². The number of carbonyl (C=O) groups excluding carboxylic acids is 1. The number of amides is 1. The van der Waals surface area contributed by atoms with Crippen molar-refractivity contribution in [3.63, 3.8) is 0 Å². The Morgan fingerprint density at radius 1 is 1.04 bits per heavy atom. The molecule has 0 bridgehead atoms. The van der Waals surface area contributed by atoms with Crippen LogP contribution in [-0.2, 0) is 11.2 Å². The van der Waals surface area contributed by atoms with Gasteiger partial charge in [-0.3, -0.25) is 4.79 Å². The molecule has 0 radical (unpaired) electrons. The predicted molar refractivity (Wildman–Crippen MR) is 92.4 cm³/mol. The molecule has 2 aromatic carbocycles. The van der Waals surface area contributed by atoms with Crippen LogP contribution in [0.4, 0.5) is 17.1 Å². The summed E-state index contributed by atoms with van der Waals surface area (Å²) in [6.07, 6.45) is 0.992. The first kappa shape index (κ1) is 16.0. The van der Waals surface area contributed by atoms with Crippen LogP contribution < -0.4 is 20.9 Å². The van der Waals surface area contributed by atoms with E-state index in [0.29, 0.717) is 5.70 Å². The van der Waals surface area contributed by atoms with Crippen LogP contribution in [0.25, 0.3) is 0 Å². The number of nitrogens with two attached hydrogens (primary N) is 1. The Bertz CT molecular complexity index is 814. The van der Waals surface area contributed by atoms with E-state index in [9.17, 15) is 4.79 Å². The number of fused-ring (bicyclic) bond motifs is 3. The highest BCUT2D eigenvalue weighted by atomic mass is 16.2. The smallest absolute Gasteiger partial charge is 0.329 e. The second-order valence-electron chi connectivity index (χ2n) is 5.80. The third-order valence-corrected chi connectivity index (χ3v) is 4.36. The van der Waals surface area contributed by atoms with Crippen molar-refractivity contribution in [2.75, 3.05) is 15.3 Å².